The van der Waals surface area contributed by atoms with E-state index in [1.165, 1.54) is 0 Å². The van der Waals surface area contributed by atoms with Crippen LogP contribution < -0.4 is 4.74 Å². The van der Waals surface area contributed by atoms with Crippen molar-refractivity contribution in [2.24, 2.45) is 0 Å². The van der Waals surface area contributed by atoms with Crippen molar-refractivity contribution in [2.75, 3.05) is 20.7 Å². The average molecular weight is 247 g/mol. The summed E-state index contributed by atoms with van der Waals surface area (Å²) in [5.74, 6) is 1.07. The predicted molar refractivity (Wildman–Crippen MR) is 70.1 cm³/mol. The molecule has 1 amide bonds. The molecule has 0 unspecified atom stereocenters. The molecule has 96 valence electrons. The summed E-state index contributed by atoms with van der Waals surface area (Å²) in [7, 11) is 3.38. The maximum Gasteiger partial charge on any atom is 0.289 e. The van der Waals surface area contributed by atoms with E-state index in [2.05, 4.69) is 0 Å². The maximum atomic E-state index is 12.1. The molecule has 0 bridgehead atoms. The fraction of sp³-hybridized carbons (Fsp3) is 0.357. The fourth-order valence-electron chi connectivity index (χ4n) is 1.85. The van der Waals surface area contributed by atoms with Gasteiger partial charge in [0.25, 0.3) is 5.91 Å². The molecule has 18 heavy (non-hydrogen) atoms. The molecule has 2 rings (SSSR count). The molecule has 4 nitrogen and oxygen atoms in total. The van der Waals surface area contributed by atoms with Crippen LogP contribution in [0.2, 0.25) is 0 Å². The lowest BCUT2D eigenvalue weighted by molar-refractivity contribution is 0.0772. The van der Waals surface area contributed by atoms with E-state index in [0.717, 1.165) is 16.7 Å². The summed E-state index contributed by atoms with van der Waals surface area (Å²) in [6.45, 7) is 4.47. The highest BCUT2D eigenvalue weighted by molar-refractivity contribution is 5.99. The zero-order valence-electron chi connectivity index (χ0n) is 11.1. The van der Waals surface area contributed by atoms with Crippen LogP contribution in [0.1, 0.15) is 23.0 Å². The van der Waals surface area contributed by atoms with Gasteiger partial charge in [0.15, 0.2) is 5.76 Å². The van der Waals surface area contributed by atoms with Gasteiger partial charge in [-0.05, 0) is 32.0 Å². The molecule has 1 aromatic heterocycles. The van der Waals surface area contributed by atoms with E-state index < -0.39 is 0 Å². The zero-order valence-corrected chi connectivity index (χ0v) is 11.1. The molecular formula is C14H17NO3. The number of amides is 1. The minimum atomic E-state index is -0.0924. The van der Waals surface area contributed by atoms with E-state index in [1.54, 1.807) is 19.1 Å². The van der Waals surface area contributed by atoms with Crippen molar-refractivity contribution in [3.8, 4) is 5.75 Å². The van der Waals surface area contributed by atoms with Crippen molar-refractivity contribution < 1.29 is 13.9 Å². The second-order valence-corrected chi connectivity index (χ2v) is 4.24. The Morgan fingerprint density at radius 3 is 2.78 bits per heavy atom. The molecule has 4 heteroatoms. The first-order valence-electron chi connectivity index (χ1n) is 5.91. The second-order valence-electron chi connectivity index (χ2n) is 4.24. The van der Waals surface area contributed by atoms with Gasteiger partial charge in [0.1, 0.15) is 11.3 Å². The van der Waals surface area contributed by atoms with Crippen LogP contribution in [0.25, 0.3) is 11.0 Å². The standard InChI is InChI=1S/C14H17NO3/c1-5-15(3)14(16)13-9(2)11-8-10(17-4)6-7-12(11)18-13/h6-8H,5H2,1-4H3. The number of carbonyl (C=O) groups is 1. The topological polar surface area (TPSA) is 42.7 Å². The van der Waals surface area contributed by atoms with Crippen LogP contribution in [-0.2, 0) is 0 Å². The number of hydrogen-bond acceptors (Lipinski definition) is 3. The minimum Gasteiger partial charge on any atom is -0.497 e. The van der Waals surface area contributed by atoms with Crippen LogP contribution in [0, 0.1) is 6.92 Å². The van der Waals surface area contributed by atoms with Crippen molar-refractivity contribution in [1.82, 2.24) is 4.90 Å². The van der Waals surface area contributed by atoms with E-state index in [9.17, 15) is 4.79 Å². The molecule has 2 aromatic rings. The quantitative estimate of drug-likeness (QED) is 0.837. The van der Waals surface area contributed by atoms with Gasteiger partial charge in [0.05, 0.1) is 7.11 Å². The maximum absolute atomic E-state index is 12.1. The summed E-state index contributed by atoms with van der Waals surface area (Å²) in [5, 5.41) is 0.919. The Balaban J connectivity index is 2.54. The number of hydrogen-bond donors (Lipinski definition) is 0. The van der Waals surface area contributed by atoms with Gasteiger partial charge in [-0.2, -0.15) is 0 Å². The minimum absolute atomic E-state index is 0.0924. The summed E-state index contributed by atoms with van der Waals surface area (Å²) in [6.07, 6.45) is 0. The summed E-state index contributed by atoms with van der Waals surface area (Å²) in [5.41, 5.74) is 1.57. The highest BCUT2D eigenvalue weighted by Gasteiger charge is 2.20. The van der Waals surface area contributed by atoms with Crippen LogP contribution in [-0.4, -0.2) is 31.5 Å². The molecule has 1 heterocycles. The number of ether oxygens (including phenoxy) is 1. The lowest BCUT2D eigenvalue weighted by atomic mass is 10.1. The molecule has 0 saturated carbocycles. The third-order valence-corrected chi connectivity index (χ3v) is 3.16. The molecule has 0 atom stereocenters. The van der Waals surface area contributed by atoms with Gasteiger partial charge in [-0.1, -0.05) is 0 Å². The Kier molecular flexibility index (Phi) is 3.28. The van der Waals surface area contributed by atoms with Gasteiger partial charge in [0, 0.05) is 24.5 Å². The number of fused-ring (bicyclic) bond motifs is 1. The molecule has 0 radical (unpaired) electrons. The summed E-state index contributed by atoms with van der Waals surface area (Å²) in [4.78, 5) is 13.7. The Labute approximate surface area is 106 Å². The SMILES string of the molecule is CCN(C)C(=O)c1oc2ccc(OC)cc2c1C. The lowest BCUT2D eigenvalue weighted by Gasteiger charge is -2.12. The first-order valence-corrected chi connectivity index (χ1v) is 5.91. The Bertz CT molecular complexity index is 586. The third kappa shape index (κ3) is 1.94. The van der Waals surface area contributed by atoms with Crippen LogP contribution in [0.4, 0.5) is 0 Å². The van der Waals surface area contributed by atoms with Crippen molar-refractivity contribution >= 4 is 16.9 Å². The molecule has 0 aliphatic carbocycles. The zero-order chi connectivity index (χ0) is 13.3. The van der Waals surface area contributed by atoms with Gasteiger partial charge in [-0.15, -0.1) is 0 Å². The molecule has 0 spiro atoms. The van der Waals surface area contributed by atoms with E-state index in [4.69, 9.17) is 9.15 Å². The van der Waals surface area contributed by atoms with E-state index in [0.29, 0.717) is 17.9 Å². The average Bonchev–Trinajstić information content (AvgIpc) is 2.73. The number of aryl methyl sites for hydroxylation is 1. The number of nitrogens with zero attached hydrogens (tertiary/aromatic N) is 1. The smallest absolute Gasteiger partial charge is 0.289 e. The normalized spacial score (nSPS) is 10.7. The van der Waals surface area contributed by atoms with E-state index >= 15 is 0 Å². The number of rotatable bonds is 3. The lowest BCUT2D eigenvalue weighted by Crippen LogP contribution is -2.26. The fourth-order valence-corrected chi connectivity index (χ4v) is 1.85. The molecule has 0 aliphatic heterocycles. The van der Waals surface area contributed by atoms with Crippen molar-refractivity contribution in [3.63, 3.8) is 0 Å². The summed E-state index contributed by atoms with van der Waals surface area (Å²) in [6, 6.07) is 5.53. The van der Waals surface area contributed by atoms with Crippen molar-refractivity contribution in [2.45, 2.75) is 13.8 Å². The Hall–Kier alpha value is -1.97. The van der Waals surface area contributed by atoms with Crippen molar-refractivity contribution in [1.29, 1.82) is 0 Å². The van der Waals surface area contributed by atoms with E-state index in [-0.39, 0.29) is 5.91 Å². The van der Waals surface area contributed by atoms with Crippen molar-refractivity contribution in [3.05, 3.63) is 29.5 Å². The predicted octanol–water partition coefficient (Wildman–Crippen LogP) is 2.84. The van der Waals surface area contributed by atoms with Gasteiger partial charge in [-0.25, -0.2) is 0 Å². The molecule has 0 fully saturated rings. The molecule has 1 aromatic carbocycles. The highest BCUT2D eigenvalue weighted by atomic mass is 16.5. The first kappa shape index (κ1) is 12.5. The largest absolute Gasteiger partial charge is 0.497 e. The molecule has 0 N–H and O–H groups in total. The van der Waals surface area contributed by atoms with Gasteiger partial charge >= 0.3 is 0 Å². The number of methoxy groups -OCH3 is 1. The highest BCUT2D eigenvalue weighted by Crippen LogP contribution is 2.29. The van der Waals surface area contributed by atoms with Gasteiger partial charge in [-0.3, -0.25) is 4.79 Å². The van der Waals surface area contributed by atoms with Gasteiger partial charge in [0.2, 0.25) is 0 Å². The second kappa shape index (κ2) is 4.72. The monoisotopic (exact) mass is 247 g/mol. The molecular weight excluding hydrogens is 230 g/mol. The summed E-state index contributed by atoms with van der Waals surface area (Å²) >= 11 is 0. The third-order valence-electron chi connectivity index (χ3n) is 3.16. The van der Waals surface area contributed by atoms with E-state index in [1.807, 2.05) is 32.0 Å². The number of furan rings is 1. The van der Waals surface area contributed by atoms with Crippen LogP contribution in [0.3, 0.4) is 0 Å². The molecule has 0 saturated heterocycles. The summed E-state index contributed by atoms with van der Waals surface area (Å²) < 4.78 is 10.8. The first-order chi connectivity index (χ1) is 8.58. The van der Waals surface area contributed by atoms with Crippen LogP contribution >= 0.6 is 0 Å². The van der Waals surface area contributed by atoms with Crippen LogP contribution in [0.5, 0.6) is 5.75 Å². The van der Waals surface area contributed by atoms with Crippen LogP contribution in [0.15, 0.2) is 22.6 Å². The Morgan fingerprint density at radius 1 is 1.44 bits per heavy atom. The molecule has 0 aliphatic rings. The number of benzene rings is 1. The van der Waals surface area contributed by atoms with Gasteiger partial charge < -0.3 is 14.1 Å². The Morgan fingerprint density at radius 2 is 2.17 bits per heavy atom. The number of carbonyl (C=O) groups excluding carboxylic acids is 1.